The molecule has 7 nitrogen and oxygen atoms in total. The summed E-state index contributed by atoms with van der Waals surface area (Å²) in [5, 5.41) is 3.03. The number of benzene rings is 3. The minimum atomic E-state index is -4.12. The van der Waals surface area contributed by atoms with Gasteiger partial charge in [-0.05, 0) is 69.2 Å². The Morgan fingerprint density at radius 1 is 0.946 bits per heavy atom. The second-order valence-corrected chi connectivity index (χ2v) is 11.4. The number of halogens is 1. The molecule has 1 N–H and O–H groups in total. The Bertz CT molecular complexity index is 1390. The van der Waals surface area contributed by atoms with E-state index in [1.165, 1.54) is 24.1 Å². The monoisotopic (exact) mass is 541 g/mol. The van der Waals surface area contributed by atoms with Crippen molar-refractivity contribution in [2.45, 2.75) is 45.2 Å². The quantitative estimate of drug-likeness (QED) is 0.428. The summed E-state index contributed by atoms with van der Waals surface area (Å²) in [6, 6.07) is 18.1. The molecule has 0 aliphatic heterocycles. The first kappa shape index (κ1) is 28.2. The molecule has 3 aromatic carbocycles. The average molecular weight is 542 g/mol. The first-order chi connectivity index (χ1) is 17.4. The van der Waals surface area contributed by atoms with Crippen molar-refractivity contribution >= 4 is 39.1 Å². The van der Waals surface area contributed by atoms with Crippen molar-refractivity contribution in [1.29, 1.82) is 0 Å². The molecule has 196 valence electrons. The molecule has 3 aromatic rings. The van der Waals surface area contributed by atoms with Crippen LogP contribution < -0.4 is 9.62 Å². The zero-order valence-electron chi connectivity index (χ0n) is 21.7. The van der Waals surface area contributed by atoms with Gasteiger partial charge in [-0.3, -0.25) is 13.9 Å². The van der Waals surface area contributed by atoms with Gasteiger partial charge in [0, 0.05) is 18.6 Å². The summed E-state index contributed by atoms with van der Waals surface area (Å²) in [5.74, 6) is -0.862. The van der Waals surface area contributed by atoms with Crippen LogP contribution in [0.1, 0.15) is 29.2 Å². The second-order valence-electron chi connectivity index (χ2n) is 9.06. The van der Waals surface area contributed by atoms with Gasteiger partial charge in [-0.1, -0.05) is 59.1 Å². The summed E-state index contributed by atoms with van der Waals surface area (Å²) >= 11 is 6.13. The van der Waals surface area contributed by atoms with Gasteiger partial charge < -0.3 is 10.2 Å². The molecule has 0 saturated heterocycles. The lowest BCUT2D eigenvalue weighted by Crippen LogP contribution is -2.50. The van der Waals surface area contributed by atoms with Gasteiger partial charge in [0.2, 0.25) is 11.8 Å². The van der Waals surface area contributed by atoms with E-state index < -0.39 is 28.5 Å². The minimum Gasteiger partial charge on any atom is -0.357 e. The third-order valence-corrected chi connectivity index (χ3v) is 8.17. The van der Waals surface area contributed by atoms with Crippen molar-refractivity contribution in [2.24, 2.45) is 0 Å². The molecule has 37 heavy (non-hydrogen) atoms. The fourth-order valence-corrected chi connectivity index (χ4v) is 5.75. The van der Waals surface area contributed by atoms with E-state index in [-0.39, 0.29) is 17.3 Å². The van der Waals surface area contributed by atoms with Crippen LogP contribution in [0.2, 0.25) is 5.02 Å². The van der Waals surface area contributed by atoms with Crippen molar-refractivity contribution in [2.75, 3.05) is 17.9 Å². The number of carbonyl (C=O) groups excluding carboxylic acids is 2. The topological polar surface area (TPSA) is 86.8 Å². The molecule has 1 atom stereocenters. The summed E-state index contributed by atoms with van der Waals surface area (Å²) in [7, 11) is -2.62. The van der Waals surface area contributed by atoms with E-state index in [0.29, 0.717) is 16.3 Å². The van der Waals surface area contributed by atoms with Crippen LogP contribution in [0, 0.1) is 20.8 Å². The number of amides is 2. The summed E-state index contributed by atoms with van der Waals surface area (Å²) in [6.07, 6.45) is 0. The van der Waals surface area contributed by atoms with E-state index in [9.17, 15) is 18.0 Å². The Balaban J connectivity index is 2.07. The van der Waals surface area contributed by atoms with Gasteiger partial charge in [-0.2, -0.15) is 0 Å². The maximum atomic E-state index is 13.8. The normalized spacial score (nSPS) is 12.1. The third-order valence-electron chi connectivity index (χ3n) is 6.16. The molecule has 1 unspecified atom stereocenters. The lowest BCUT2D eigenvalue weighted by Gasteiger charge is -2.32. The Kier molecular flexibility index (Phi) is 8.99. The molecule has 0 aliphatic carbocycles. The molecule has 0 aliphatic rings. The molecule has 0 heterocycles. The third kappa shape index (κ3) is 6.70. The fraction of sp³-hybridized carbons (Fsp3) is 0.286. The van der Waals surface area contributed by atoms with Crippen LogP contribution >= 0.6 is 11.6 Å². The van der Waals surface area contributed by atoms with E-state index >= 15 is 0 Å². The molecule has 0 radical (unpaired) electrons. The Morgan fingerprint density at radius 3 is 2.22 bits per heavy atom. The maximum Gasteiger partial charge on any atom is 0.264 e. The second kappa shape index (κ2) is 11.8. The number of anilines is 1. The molecular formula is C28H32ClN3O4S. The minimum absolute atomic E-state index is 0.0600. The molecular weight excluding hydrogens is 510 g/mol. The predicted octanol–water partition coefficient (Wildman–Crippen LogP) is 4.62. The highest BCUT2D eigenvalue weighted by molar-refractivity contribution is 7.92. The molecule has 3 rings (SSSR count). The summed E-state index contributed by atoms with van der Waals surface area (Å²) < 4.78 is 28.8. The maximum absolute atomic E-state index is 13.8. The van der Waals surface area contributed by atoms with Crippen molar-refractivity contribution in [3.63, 3.8) is 0 Å². The van der Waals surface area contributed by atoms with Crippen LogP contribution in [0.3, 0.4) is 0 Å². The van der Waals surface area contributed by atoms with Gasteiger partial charge in [0.15, 0.2) is 0 Å². The highest BCUT2D eigenvalue weighted by atomic mass is 35.5. The zero-order valence-corrected chi connectivity index (χ0v) is 23.2. The van der Waals surface area contributed by atoms with Gasteiger partial charge in [0.25, 0.3) is 10.0 Å². The molecule has 0 saturated carbocycles. The van der Waals surface area contributed by atoms with Gasteiger partial charge >= 0.3 is 0 Å². The van der Waals surface area contributed by atoms with Crippen LogP contribution in [-0.4, -0.2) is 44.8 Å². The number of nitrogens with one attached hydrogen (secondary N) is 1. The lowest BCUT2D eigenvalue weighted by atomic mass is 10.1. The molecule has 0 spiro atoms. The van der Waals surface area contributed by atoms with Gasteiger partial charge in [0.1, 0.15) is 12.6 Å². The average Bonchev–Trinajstić information content (AvgIpc) is 2.85. The fourth-order valence-electron chi connectivity index (χ4n) is 4.05. The summed E-state index contributed by atoms with van der Waals surface area (Å²) in [6.45, 7) is 6.82. The van der Waals surface area contributed by atoms with Crippen molar-refractivity contribution < 1.29 is 18.0 Å². The molecule has 0 bridgehead atoms. The smallest absolute Gasteiger partial charge is 0.264 e. The predicted molar refractivity (Wildman–Crippen MR) is 147 cm³/mol. The SMILES string of the molecule is CNC(=O)C(C)N(Cc1cccc(C)c1)C(=O)CN(c1ccc(Cl)cc1C)S(=O)(=O)c1ccc(C)cc1. The van der Waals surface area contributed by atoms with Crippen molar-refractivity contribution in [1.82, 2.24) is 10.2 Å². The number of nitrogens with zero attached hydrogens (tertiary/aromatic N) is 2. The van der Waals surface area contributed by atoms with Crippen LogP contribution in [0.25, 0.3) is 0 Å². The number of carbonyl (C=O) groups is 2. The van der Waals surface area contributed by atoms with Gasteiger partial charge in [-0.15, -0.1) is 0 Å². The first-order valence-electron chi connectivity index (χ1n) is 11.9. The lowest BCUT2D eigenvalue weighted by molar-refractivity contribution is -0.139. The molecule has 9 heteroatoms. The van der Waals surface area contributed by atoms with E-state index in [0.717, 1.165) is 21.0 Å². The highest BCUT2D eigenvalue weighted by Crippen LogP contribution is 2.29. The van der Waals surface area contributed by atoms with Gasteiger partial charge in [0.05, 0.1) is 10.6 Å². The number of hydrogen-bond donors (Lipinski definition) is 1. The number of rotatable bonds is 9. The Morgan fingerprint density at radius 2 is 1.62 bits per heavy atom. The Labute approximate surface area is 224 Å². The van der Waals surface area contributed by atoms with E-state index in [1.54, 1.807) is 44.2 Å². The van der Waals surface area contributed by atoms with Crippen LogP contribution in [-0.2, 0) is 26.2 Å². The molecule has 2 amide bonds. The van der Waals surface area contributed by atoms with Crippen LogP contribution in [0.4, 0.5) is 5.69 Å². The van der Waals surface area contributed by atoms with Crippen molar-refractivity contribution in [3.05, 3.63) is 94.0 Å². The number of aryl methyl sites for hydroxylation is 3. The van der Waals surface area contributed by atoms with Crippen molar-refractivity contribution in [3.8, 4) is 0 Å². The number of hydrogen-bond acceptors (Lipinski definition) is 4. The first-order valence-corrected chi connectivity index (χ1v) is 13.7. The van der Waals surface area contributed by atoms with Gasteiger partial charge in [-0.25, -0.2) is 8.42 Å². The van der Waals surface area contributed by atoms with E-state index in [1.807, 2.05) is 38.1 Å². The standard InChI is InChI=1S/C28H32ClN3O4S/c1-19-9-12-25(13-10-19)37(35,36)32(26-14-11-24(29)16-21(26)3)18-27(33)31(22(4)28(34)30-5)17-23-8-6-7-20(2)15-23/h6-16,22H,17-18H2,1-5H3,(H,30,34). The molecule has 0 aromatic heterocycles. The summed E-state index contributed by atoms with van der Waals surface area (Å²) in [4.78, 5) is 27.8. The largest absolute Gasteiger partial charge is 0.357 e. The zero-order chi connectivity index (χ0) is 27.3. The van der Waals surface area contributed by atoms with E-state index in [4.69, 9.17) is 11.6 Å². The summed E-state index contributed by atoms with van der Waals surface area (Å²) in [5.41, 5.74) is 3.69. The Hall–Kier alpha value is -3.36. The van der Waals surface area contributed by atoms with E-state index in [2.05, 4.69) is 5.32 Å². The van der Waals surface area contributed by atoms with Crippen LogP contribution in [0.5, 0.6) is 0 Å². The molecule has 0 fully saturated rings. The number of likely N-dealkylation sites (N-methyl/N-ethyl adjacent to an activating group) is 1. The highest BCUT2D eigenvalue weighted by Gasteiger charge is 2.33. The number of sulfonamides is 1. The van der Waals surface area contributed by atoms with Crippen LogP contribution in [0.15, 0.2) is 71.6 Å².